The molecule has 0 aromatic heterocycles. The largest absolute Gasteiger partial charge is 0.204 e. The lowest BCUT2D eigenvalue weighted by atomic mass is 9.76. The first-order valence-electron chi connectivity index (χ1n) is 13.8. The van der Waals surface area contributed by atoms with Crippen molar-refractivity contribution in [2.45, 2.75) is 103 Å². The van der Waals surface area contributed by atoms with Gasteiger partial charge >= 0.3 is 0 Å². The van der Waals surface area contributed by atoms with Gasteiger partial charge in [0.15, 0.2) is 17.5 Å². The van der Waals surface area contributed by atoms with E-state index < -0.39 is 17.5 Å². The van der Waals surface area contributed by atoms with Crippen molar-refractivity contribution in [2.75, 3.05) is 0 Å². The highest BCUT2D eigenvalue weighted by molar-refractivity contribution is 5.64. The zero-order valence-electron chi connectivity index (χ0n) is 20.8. The second kappa shape index (κ2) is 12.3. The highest BCUT2D eigenvalue weighted by Crippen LogP contribution is 2.39. The van der Waals surface area contributed by atoms with Crippen LogP contribution in [0, 0.1) is 35.2 Å². The minimum Gasteiger partial charge on any atom is -0.204 e. The molecule has 3 heteroatoms. The van der Waals surface area contributed by atoms with E-state index in [1.54, 1.807) is 0 Å². The highest BCUT2D eigenvalue weighted by atomic mass is 19.2. The van der Waals surface area contributed by atoms with Gasteiger partial charge in [0.2, 0.25) is 0 Å². The quantitative estimate of drug-likeness (QED) is 0.252. The Morgan fingerprint density at radius 1 is 0.618 bits per heavy atom. The van der Waals surface area contributed by atoms with Crippen LogP contribution in [0.2, 0.25) is 0 Å². The van der Waals surface area contributed by atoms with Crippen LogP contribution in [0.5, 0.6) is 0 Å². The summed E-state index contributed by atoms with van der Waals surface area (Å²) in [6.07, 6.45) is 19.4. The van der Waals surface area contributed by atoms with Gasteiger partial charge in [0.1, 0.15) is 0 Å². The van der Waals surface area contributed by atoms with E-state index in [0.717, 1.165) is 29.9 Å². The van der Waals surface area contributed by atoms with E-state index in [9.17, 15) is 13.2 Å². The van der Waals surface area contributed by atoms with Gasteiger partial charge in [-0.1, -0.05) is 95.4 Å². The number of benzene rings is 2. The molecule has 0 bridgehead atoms. The van der Waals surface area contributed by atoms with E-state index in [2.05, 4.69) is 19.1 Å². The second-order valence-electron chi connectivity index (χ2n) is 11.1. The van der Waals surface area contributed by atoms with Gasteiger partial charge in [-0.2, -0.15) is 0 Å². The van der Waals surface area contributed by atoms with Crippen molar-refractivity contribution in [1.29, 1.82) is 0 Å². The molecule has 0 heterocycles. The summed E-state index contributed by atoms with van der Waals surface area (Å²) in [7, 11) is 0. The zero-order chi connectivity index (χ0) is 23.9. The highest BCUT2D eigenvalue weighted by Gasteiger charge is 2.23. The van der Waals surface area contributed by atoms with E-state index in [1.165, 1.54) is 95.5 Å². The molecule has 2 aromatic carbocycles. The van der Waals surface area contributed by atoms with Crippen LogP contribution in [0.4, 0.5) is 13.2 Å². The predicted molar refractivity (Wildman–Crippen MR) is 135 cm³/mol. The Labute approximate surface area is 204 Å². The molecule has 2 saturated carbocycles. The molecular formula is C31H41F3. The van der Waals surface area contributed by atoms with E-state index in [0.29, 0.717) is 17.0 Å². The van der Waals surface area contributed by atoms with Gasteiger partial charge in [0.25, 0.3) is 0 Å². The predicted octanol–water partition coefficient (Wildman–Crippen LogP) is 10.2. The number of rotatable bonds is 9. The summed E-state index contributed by atoms with van der Waals surface area (Å²) in [6.45, 7) is 2.32. The Morgan fingerprint density at radius 3 is 1.59 bits per heavy atom. The third kappa shape index (κ3) is 6.67. The van der Waals surface area contributed by atoms with E-state index in [1.807, 2.05) is 12.1 Å². The molecule has 0 spiro atoms. The fourth-order valence-electron chi connectivity index (χ4n) is 6.54. The molecule has 0 nitrogen and oxygen atoms in total. The molecule has 0 amide bonds. The van der Waals surface area contributed by atoms with Gasteiger partial charge in [-0.25, -0.2) is 13.2 Å². The lowest BCUT2D eigenvalue weighted by Gasteiger charge is -2.30. The number of hydrogen-bond donors (Lipinski definition) is 0. The van der Waals surface area contributed by atoms with Gasteiger partial charge in [-0.3, -0.25) is 0 Å². The first-order valence-corrected chi connectivity index (χ1v) is 13.8. The summed E-state index contributed by atoms with van der Waals surface area (Å²) in [5, 5.41) is 0. The van der Waals surface area contributed by atoms with Crippen molar-refractivity contribution in [3.63, 3.8) is 0 Å². The lowest BCUT2D eigenvalue weighted by Crippen LogP contribution is -2.15. The van der Waals surface area contributed by atoms with Crippen molar-refractivity contribution in [3.8, 4) is 11.1 Å². The minimum absolute atomic E-state index is 0.376. The molecule has 0 aliphatic heterocycles. The summed E-state index contributed by atoms with van der Waals surface area (Å²) in [6, 6.07) is 10.1. The zero-order valence-corrected chi connectivity index (χ0v) is 20.8. The van der Waals surface area contributed by atoms with Crippen molar-refractivity contribution in [3.05, 3.63) is 59.4 Å². The molecule has 0 unspecified atom stereocenters. The fourth-order valence-corrected chi connectivity index (χ4v) is 6.54. The smallest absolute Gasteiger partial charge is 0.194 e. The first-order chi connectivity index (χ1) is 16.5. The molecule has 2 aliphatic rings. The molecule has 186 valence electrons. The number of hydrogen-bond acceptors (Lipinski definition) is 0. The maximum Gasteiger partial charge on any atom is 0.194 e. The third-order valence-corrected chi connectivity index (χ3v) is 8.68. The lowest BCUT2D eigenvalue weighted by molar-refractivity contribution is 0.243. The molecule has 0 N–H and O–H groups in total. The minimum atomic E-state index is -1.41. The summed E-state index contributed by atoms with van der Waals surface area (Å²) in [5.74, 6) is -0.234. The monoisotopic (exact) mass is 470 g/mol. The van der Waals surface area contributed by atoms with Crippen molar-refractivity contribution < 1.29 is 13.2 Å². The van der Waals surface area contributed by atoms with Gasteiger partial charge in [-0.05, 0) is 78.2 Å². The molecule has 2 aliphatic carbocycles. The Hall–Kier alpha value is -1.77. The first kappa shape index (κ1) is 25.3. The molecule has 2 fully saturated rings. The maximum atomic E-state index is 13.6. The topological polar surface area (TPSA) is 0 Å². The molecule has 0 atom stereocenters. The van der Waals surface area contributed by atoms with Gasteiger partial charge in [0.05, 0.1) is 0 Å². The average Bonchev–Trinajstić information content (AvgIpc) is 2.86. The summed E-state index contributed by atoms with van der Waals surface area (Å²) in [5.41, 5.74) is 2.40. The third-order valence-electron chi connectivity index (χ3n) is 8.68. The van der Waals surface area contributed by atoms with Gasteiger partial charge in [0, 0.05) is 0 Å². The number of unbranched alkanes of at least 4 members (excludes halogenated alkanes) is 1. The average molecular weight is 471 g/mol. The van der Waals surface area contributed by atoms with Crippen LogP contribution < -0.4 is 0 Å². The molecule has 34 heavy (non-hydrogen) atoms. The van der Waals surface area contributed by atoms with Crippen LogP contribution in [0.1, 0.15) is 108 Å². The molecule has 4 rings (SSSR count). The van der Waals surface area contributed by atoms with E-state index in [-0.39, 0.29) is 0 Å². The number of halogens is 3. The molecular weight excluding hydrogens is 429 g/mol. The Kier molecular flexibility index (Phi) is 9.14. The van der Waals surface area contributed by atoms with Crippen LogP contribution >= 0.6 is 0 Å². The Bertz CT molecular complexity index is 864. The summed E-state index contributed by atoms with van der Waals surface area (Å²) >= 11 is 0. The Balaban J connectivity index is 1.16. The maximum absolute atomic E-state index is 13.6. The summed E-state index contributed by atoms with van der Waals surface area (Å²) in [4.78, 5) is 0. The van der Waals surface area contributed by atoms with Crippen LogP contribution in [0.25, 0.3) is 11.1 Å². The van der Waals surface area contributed by atoms with E-state index >= 15 is 0 Å². The molecule has 0 radical (unpaired) electrons. The molecule has 2 aromatic rings. The van der Waals surface area contributed by atoms with Crippen molar-refractivity contribution in [1.82, 2.24) is 0 Å². The van der Waals surface area contributed by atoms with Gasteiger partial charge < -0.3 is 0 Å². The molecule has 0 saturated heterocycles. The van der Waals surface area contributed by atoms with Crippen LogP contribution in [0.15, 0.2) is 36.4 Å². The van der Waals surface area contributed by atoms with Crippen molar-refractivity contribution >= 4 is 0 Å². The normalized spacial score (nSPS) is 25.4. The van der Waals surface area contributed by atoms with Crippen LogP contribution in [0.3, 0.4) is 0 Å². The Morgan fingerprint density at radius 2 is 1.09 bits per heavy atom. The van der Waals surface area contributed by atoms with Crippen molar-refractivity contribution in [2.24, 2.45) is 17.8 Å². The van der Waals surface area contributed by atoms with Crippen LogP contribution in [-0.2, 0) is 0 Å². The van der Waals surface area contributed by atoms with E-state index in [4.69, 9.17) is 0 Å². The standard InChI is InChI=1S/C31H41F3/c1-2-5-22-8-10-23(11-9-22)6-3-4-7-24-12-14-25(15-13-24)26-16-18-27(19-17-26)28-20-29(32)31(34)30(33)21-28/h16-25H,2-15H2,1H3. The van der Waals surface area contributed by atoms with Crippen LogP contribution in [-0.4, -0.2) is 0 Å². The summed E-state index contributed by atoms with van der Waals surface area (Å²) < 4.78 is 40.4. The second-order valence-corrected chi connectivity index (χ2v) is 11.1. The SMILES string of the molecule is CCCC1CCC(CCCCC2CCC(c3ccc(-c4cc(F)c(F)c(F)c4)cc3)CC2)CC1. The van der Waals surface area contributed by atoms with Gasteiger partial charge in [-0.15, -0.1) is 0 Å². The fraction of sp³-hybridized carbons (Fsp3) is 0.613.